The number of ether oxygens (including phenoxy) is 2. The highest BCUT2D eigenvalue weighted by atomic mass is 16.5. The average molecular weight is 197 g/mol. The van der Waals surface area contributed by atoms with Crippen LogP contribution in [-0.4, -0.2) is 25.4 Å². The maximum absolute atomic E-state index is 10.3. The summed E-state index contributed by atoms with van der Waals surface area (Å²) in [4.78, 5) is 10.3. The smallest absolute Gasteiger partial charge is 0.409 e. The number of carboxylic acid groups (broad SMARTS) is 1. The second kappa shape index (κ2) is 4.36. The van der Waals surface area contributed by atoms with E-state index in [4.69, 9.17) is 14.6 Å². The molecule has 14 heavy (non-hydrogen) atoms. The highest BCUT2D eigenvalue weighted by Gasteiger charge is 2.05. The van der Waals surface area contributed by atoms with Gasteiger partial charge in [-0.25, -0.2) is 4.79 Å². The van der Waals surface area contributed by atoms with Gasteiger partial charge in [-0.3, -0.25) is 5.32 Å². The summed E-state index contributed by atoms with van der Waals surface area (Å²) in [6.07, 6.45) is -1.11. The van der Waals surface area contributed by atoms with E-state index in [2.05, 4.69) is 5.32 Å². The molecule has 1 aromatic rings. The normalized spacial score (nSPS) is 9.29. The van der Waals surface area contributed by atoms with Crippen molar-refractivity contribution in [1.82, 2.24) is 0 Å². The summed E-state index contributed by atoms with van der Waals surface area (Å²) in [5.74, 6) is 1.04. The van der Waals surface area contributed by atoms with Crippen molar-refractivity contribution >= 4 is 11.8 Å². The lowest BCUT2D eigenvalue weighted by Crippen LogP contribution is -2.07. The van der Waals surface area contributed by atoms with Gasteiger partial charge < -0.3 is 14.6 Å². The molecule has 5 nitrogen and oxygen atoms in total. The Morgan fingerprint density at radius 2 is 1.93 bits per heavy atom. The molecule has 0 aliphatic heterocycles. The van der Waals surface area contributed by atoms with Crippen LogP contribution in [0.3, 0.4) is 0 Å². The van der Waals surface area contributed by atoms with Gasteiger partial charge in [-0.2, -0.15) is 0 Å². The Morgan fingerprint density at radius 1 is 1.29 bits per heavy atom. The van der Waals surface area contributed by atoms with Crippen molar-refractivity contribution in [2.24, 2.45) is 0 Å². The number of rotatable bonds is 3. The van der Waals surface area contributed by atoms with Crippen LogP contribution in [0.1, 0.15) is 0 Å². The van der Waals surface area contributed by atoms with Gasteiger partial charge in [0, 0.05) is 11.8 Å². The summed E-state index contributed by atoms with van der Waals surface area (Å²) in [6.45, 7) is 0. The molecule has 0 heterocycles. The fourth-order valence-corrected chi connectivity index (χ4v) is 1.04. The first-order valence-corrected chi connectivity index (χ1v) is 3.89. The summed E-state index contributed by atoms with van der Waals surface area (Å²) in [6, 6.07) is 4.77. The lowest BCUT2D eigenvalue weighted by Gasteiger charge is -2.08. The first-order chi connectivity index (χ1) is 6.67. The van der Waals surface area contributed by atoms with Gasteiger partial charge in [0.05, 0.1) is 14.2 Å². The minimum Gasteiger partial charge on any atom is -0.493 e. The van der Waals surface area contributed by atoms with E-state index in [-0.39, 0.29) is 0 Å². The second-order valence-electron chi connectivity index (χ2n) is 2.50. The van der Waals surface area contributed by atoms with Crippen LogP contribution in [0.4, 0.5) is 10.5 Å². The van der Waals surface area contributed by atoms with E-state index in [1.54, 1.807) is 18.2 Å². The molecule has 2 N–H and O–H groups in total. The van der Waals surface area contributed by atoms with Gasteiger partial charge in [0.2, 0.25) is 0 Å². The molecule has 0 aromatic heterocycles. The highest BCUT2D eigenvalue weighted by molar-refractivity contribution is 5.83. The third-order valence-electron chi connectivity index (χ3n) is 1.63. The van der Waals surface area contributed by atoms with Crippen LogP contribution in [0.25, 0.3) is 0 Å². The monoisotopic (exact) mass is 197 g/mol. The Hall–Kier alpha value is -1.91. The molecule has 76 valence electrons. The van der Waals surface area contributed by atoms with E-state index >= 15 is 0 Å². The molecule has 0 saturated carbocycles. The standard InChI is InChI=1S/C9H11NO4/c1-13-7-4-3-6(10-9(11)12)5-8(7)14-2/h3-5,10H,1-2H3,(H,11,12). The van der Waals surface area contributed by atoms with Crippen molar-refractivity contribution < 1.29 is 19.4 Å². The zero-order chi connectivity index (χ0) is 10.6. The number of hydrogen-bond acceptors (Lipinski definition) is 3. The maximum Gasteiger partial charge on any atom is 0.409 e. The van der Waals surface area contributed by atoms with E-state index in [1.165, 1.54) is 14.2 Å². The molecule has 0 spiro atoms. The van der Waals surface area contributed by atoms with Crippen LogP contribution in [0.2, 0.25) is 0 Å². The van der Waals surface area contributed by atoms with Crippen LogP contribution < -0.4 is 14.8 Å². The van der Waals surface area contributed by atoms with Crippen LogP contribution in [0.5, 0.6) is 11.5 Å². The minimum absolute atomic E-state index is 0.440. The van der Waals surface area contributed by atoms with Gasteiger partial charge >= 0.3 is 6.09 Å². The van der Waals surface area contributed by atoms with Crippen LogP contribution in [-0.2, 0) is 0 Å². The Bertz CT molecular complexity index is 338. The third-order valence-corrected chi connectivity index (χ3v) is 1.63. The first-order valence-electron chi connectivity index (χ1n) is 3.89. The quantitative estimate of drug-likeness (QED) is 0.775. The summed E-state index contributed by atoms with van der Waals surface area (Å²) in [5.41, 5.74) is 0.440. The lowest BCUT2D eigenvalue weighted by atomic mass is 10.3. The average Bonchev–Trinajstić information content (AvgIpc) is 2.16. The molecule has 1 amide bonds. The molecule has 5 heteroatoms. The molecule has 0 aliphatic carbocycles. The number of methoxy groups -OCH3 is 2. The Labute approximate surface area is 81.3 Å². The van der Waals surface area contributed by atoms with Crippen molar-refractivity contribution in [3.8, 4) is 11.5 Å². The molecule has 1 aromatic carbocycles. The Kier molecular flexibility index (Phi) is 3.17. The predicted molar refractivity (Wildman–Crippen MR) is 51.2 cm³/mol. The number of anilines is 1. The molecule has 0 fully saturated rings. The molecule has 0 unspecified atom stereocenters. The molecular weight excluding hydrogens is 186 g/mol. The molecule has 0 saturated heterocycles. The Morgan fingerprint density at radius 3 is 2.43 bits per heavy atom. The summed E-state index contributed by atoms with van der Waals surface area (Å²) in [7, 11) is 3.00. The molecule has 0 aliphatic rings. The molecule has 1 rings (SSSR count). The number of carbonyl (C=O) groups is 1. The Balaban J connectivity index is 2.95. The summed E-state index contributed by atoms with van der Waals surface area (Å²) >= 11 is 0. The highest BCUT2D eigenvalue weighted by Crippen LogP contribution is 2.29. The van der Waals surface area contributed by atoms with E-state index < -0.39 is 6.09 Å². The fourth-order valence-electron chi connectivity index (χ4n) is 1.04. The third kappa shape index (κ3) is 2.29. The van der Waals surface area contributed by atoms with E-state index in [0.29, 0.717) is 17.2 Å². The zero-order valence-corrected chi connectivity index (χ0v) is 7.90. The number of hydrogen-bond donors (Lipinski definition) is 2. The van der Waals surface area contributed by atoms with Crippen LogP contribution in [0.15, 0.2) is 18.2 Å². The SMILES string of the molecule is COc1ccc(NC(=O)O)cc1OC. The van der Waals surface area contributed by atoms with Gasteiger partial charge in [-0.15, -0.1) is 0 Å². The van der Waals surface area contributed by atoms with Crippen LogP contribution in [0, 0.1) is 0 Å². The predicted octanol–water partition coefficient (Wildman–Crippen LogP) is 1.79. The van der Waals surface area contributed by atoms with Gasteiger partial charge in [0.25, 0.3) is 0 Å². The zero-order valence-electron chi connectivity index (χ0n) is 7.90. The van der Waals surface area contributed by atoms with E-state index in [1.807, 2.05) is 0 Å². The van der Waals surface area contributed by atoms with E-state index in [9.17, 15) is 4.79 Å². The van der Waals surface area contributed by atoms with Crippen molar-refractivity contribution in [1.29, 1.82) is 0 Å². The van der Waals surface area contributed by atoms with Gasteiger partial charge in [-0.05, 0) is 12.1 Å². The summed E-state index contributed by atoms with van der Waals surface area (Å²) in [5, 5.41) is 10.7. The second-order valence-corrected chi connectivity index (χ2v) is 2.50. The lowest BCUT2D eigenvalue weighted by molar-refractivity contribution is 0.209. The molecule has 0 radical (unpaired) electrons. The van der Waals surface area contributed by atoms with Crippen molar-refractivity contribution in [2.75, 3.05) is 19.5 Å². The number of nitrogens with one attached hydrogen (secondary N) is 1. The largest absolute Gasteiger partial charge is 0.493 e. The van der Waals surface area contributed by atoms with E-state index in [0.717, 1.165) is 0 Å². The van der Waals surface area contributed by atoms with Gasteiger partial charge in [-0.1, -0.05) is 0 Å². The van der Waals surface area contributed by atoms with Gasteiger partial charge in [0.15, 0.2) is 11.5 Å². The number of amides is 1. The number of benzene rings is 1. The van der Waals surface area contributed by atoms with Crippen molar-refractivity contribution in [2.45, 2.75) is 0 Å². The maximum atomic E-state index is 10.3. The first kappa shape index (κ1) is 10.2. The summed E-state index contributed by atoms with van der Waals surface area (Å²) < 4.78 is 10.00. The molecular formula is C9H11NO4. The molecule has 0 bridgehead atoms. The fraction of sp³-hybridized carbons (Fsp3) is 0.222. The van der Waals surface area contributed by atoms with Crippen LogP contribution >= 0.6 is 0 Å². The minimum atomic E-state index is -1.11. The van der Waals surface area contributed by atoms with Crippen molar-refractivity contribution in [3.63, 3.8) is 0 Å². The van der Waals surface area contributed by atoms with Gasteiger partial charge in [0.1, 0.15) is 0 Å². The van der Waals surface area contributed by atoms with Crippen molar-refractivity contribution in [3.05, 3.63) is 18.2 Å². The molecule has 0 atom stereocenters. The topological polar surface area (TPSA) is 67.8 Å².